The molecule has 1 aromatic carbocycles. The third-order valence-electron chi connectivity index (χ3n) is 2.44. The minimum absolute atomic E-state index is 0.151. The van der Waals surface area contributed by atoms with Crippen LogP contribution in [0.1, 0.15) is 5.56 Å². The van der Waals surface area contributed by atoms with Crippen molar-refractivity contribution in [1.82, 2.24) is 9.97 Å². The summed E-state index contributed by atoms with van der Waals surface area (Å²) in [4.78, 5) is 6.83. The van der Waals surface area contributed by atoms with Crippen molar-refractivity contribution < 1.29 is 12.8 Å². The molecule has 0 amide bonds. The van der Waals surface area contributed by atoms with Crippen molar-refractivity contribution in [2.24, 2.45) is 0 Å². The number of halogens is 4. The first-order chi connectivity index (χ1) is 9.23. The second kappa shape index (κ2) is 5.44. The van der Waals surface area contributed by atoms with E-state index in [2.05, 4.69) is 9.97 Å². The maximum absolute atomic E-state index is 13.5. The fourth-order valence-corrected chi connectivity index (χ4v) is 3.05. The van der Waals surface area contributed by atoms with Crippen LogP contribution in [0.4, 0.5) is 4.39 Å². The average molecular weight is 356 g/mol. The van der Waals surface area contributed by atoms with Gasteiger partial charge in [0.15, 0.2) is 10.3 Å². The van der Waals surface area contributed by atoms with Crippen molar-refractivity contribution in [3.05, 3.63) is 44.9 Å². The standard InChI is InChI=1S/C11H6Cl3FN2O2S/c1-5-2-3-6(4-7(5)15)20(18,19)11-16-9(13)8(12)10(14)17-11/h2-4H,1H3. The van der Waals surface area contributed by atoms with Gasteiger partial charge in [-0.1, -0.05) is 40.9 Å². The molecule has 0 spiro atoms. The van der Waals surface area contributed by atoms with E-state index in [0.717, 1.165) is 6.07 Å². The van der Waals surface area contributed by atoms with Gasteiger partial charge in [0.25, 0.3) is 5.16 Å². The van der Waals surface area contributed by atoms with Crippen molar-refractivity contribution in [1.29, 1.82) is 0 Å². The minimum Gasteiger partial charge on any atom is -0.215 e. The highest BCUT2D eigenvalue weighted by Crippen LogP contribution is 2.29. The van der Waals surface area contributed by atoms with Crippen LogP contribution >= 0.6 is 34.8 Å². The molecule has 0 saturated carbocycles. The summed E-state index contributed by atoms with van der Waals surface area (Å²) in [5, 5.41) is -1.38. The van der Waals surface area contributed by atoms with Crippen LogP contribution in [0, 0.1) is 12.7 Å². The van der Waals surface area contributed by atoms with Crippen molar-refractivity contribution in [2.45, 2.75) is 17.0 Å². The fraction of sp³-hybridized carbons (Fsp3) is 0.0909. The summed E-state index contributed by atoms with van der Waals surface area (Å²) in [6, 6.07) is 3.46. The summed E-state index contributed by atoms with van der Waals surface area (Å²) in [6.45, 7) is 1.51. The second-order valence-electron chi connectivity index (χ2n) is 3.82. The first kappa shape index (κ1) is 15.4. The minimum atomic E-state index is -4.13. The van der Waals surface area contributed by atoms with Crippen LogP contribution < -0.4 is 0 Å². The van der Waals surface area contributed by atoms with Gasteiger partial charge in [-0.15, -0.1) is 0 Å². The summed E-state index contributed by atoms with van der Waals surface area (Å²) in [5.74, 6) is -0.655. The lowest BCUT2D eigenvalue weighted by Gasteiger charge is -2.06. The molecule has 4 nitrogen and oxygen atoms in total. The molecule has 106 valence electrons. The normalized spacial score (nSPS) is 11.7. The van der Waals surface area contributed by atoms with E-state index in [-0.39, 0.29) is 20.2 Å². The molecule has 20 heavy (non-hydrogen) atoms. The molecule has 9 heteroatoms. The third-order valence-corrected chi connectivity index (χ3v) is 5.08. The van der Waals surface area contributed by atoms with Gasteiger partial charge in [-0.2, -0.15) is 0 Å². The summed E-state index contributed by atoms with van der Waals surface area (Å²) >= 11 is 17.0. The lowest BCUT2D eigenvalue weighted by molar-refractivity contribution is 0.581. The Balaban J connectivity index is 2.63. The Labute approximate surface area is 129 Å². The first-order valence-corrected chi connectivity index (χ1v) is 7.75. The van der Waals surface area contributed by atoms with Gasteiger partial charge in [0.2, 0.25) is 9.84 Å². The van der Waals surface area contributed by atoms with Crippen LogP contribution in [0.3, 0.4) is 0 Å². The molecular weight excluding hydrogens is 350 g/mol. The van der Waals surface area contributed by atoms with Crippen LogP contribution in [0.5, 0.6) is 0 Å². The van der Waals surface area contributed by atoms with E-state index in [1.54, 1.807) is 0 Å². The largest absolute Gasteiger partial charge is 0.254 e. The molecule has 0 aliphatic carbocycles. The number of hydrogen-bond donors (Lipinski definition) is 0. The Bertz CT molecular complexity index is 773. The molecule has 0 bridgehead atoms. The Hall–Kier alpha value is -0.950. The molecule has 0 atom stereocenters. The highest BCUT2D eigenvalue weighted by atomic mass is 35.5. The summed E-state index contributed by atoms with van der Waals surface area (Å²) in [6.07, 6.45) is 0. The van der Waals surface area contributed by atoms with Crippen LogP contribution in [-0.2, 0) is 9.84 Å². The molecule has 1 aromatic heterocycles. The van der Waals surface area contributed by atoms with E-state index in [1.807, 2.05) is 0 Å². The Morgan fingerprint density at radius 1 is 1.10 bits per heavy atom. The van der Waals surface area contributed by atoms with Gasteiger partial charge in [0.05, 0.1) is 4.90 Å². The van der Waals surface area contributed by atoms with E-state index in [4.69, 9.17) is 34.8 Å². The summed E-state index contributed by atoms with van der Waals surface area (Å²) < 4.78 is 38.0. The molecule has 2 aromatic rings. The molecule has 0 saturated heterocycles. The van der Waals surface area contributed by atoms with Crippen LogP contribution in [0.25, 0.3) is 0 Å². The van der Waals surface area contributed by atoms with E-state index >= 15 is 0 Å². The average Bonchev–Trinajstić information content (AvgIpc) is 2.38. The maximum atomic E-state index is 13.5. The van der Waals surface area contributed by atoms with Gasteiger partial charge < -0.3 is 0 Å². The number of aromatic nitrogens is 2. The predicted octanol–water partition coefficient (Wildman–Crippen LogP) is 3.72. The Kier molecular flexibility index (Phi) is 4.20. The predicted molar refractivity (Wildman–Crippen MR) is 73.7 cm³/mol. The summed E-state index contributed by atoms with van der Waals surface area (Å²) in [7, 11) is -4.13. The summed E-state index contributed by atoms with van der Waals surface area (Å²) in [5.41, 5.74) is 0.317. The second-order valence-corrected chi connectivity index (χ2v) is 6.75. The molecule has 0 fully saturated rings. The van der Waals surface area contributed by atoms with Crippen molar-refractivity contribution in [3.8, 4) is 0 Å². The number of benzene rings is 1. The highest BCUT2D eigenvalue weighted by molar-refractivity contribution is 7.91. The highest BCUT2D eigenvalue weighted by Gasteiger charge is 2.24. The van der Waals surface area contributed by atoms with Crippen LogP contribution in [-0.4, -0.2) is 18.4 Å². The topological polar surface area (TPSA) is 59.9 Å². The number of rotatable bonds is 2. The van der Waals surface area contributed by atoms with E-state index in [0.29, 0.717) is 5.56 Å². The van der Waals surface area contributed by atoms with Gasteiger partial charge in [0.1, 0.15) is 10.8 Å². The molecule has 0 aliphatic heterocycles. The Morgan fingerprint density at radius 3 is 2.15 bits per heavy atom. The SMILES string of the molecule is Cc1ccc(S(=O)(=O)c2nc(Cl)c(Cl)c(Cl)n2)cc1F. The molecular formula is C11H6Cl3FN2O2S. The van der Waals surface area contributed by atoms with Gasteiger partial charge in [0, 0.05) is 0 Å². The van der Waals surface area contributed by atoms with Crippen LogP contribution in [0.2, 0.25) is 15.3 Å². The number of aryl methyl sites for hydroxylation is 1. The van der Waals surface area contributed by atoms with Crippen LogP contribution in [0.15, 0.2) is 28.3 Å². The maximum Gasteiger partial charge on any atom is 0.254 e. The number of hydrogen-bond acceptors (Lipinski definition) is 4. The van der Waals surface area contributed by atoms with Gasteiger partial charge >= 0.3 is 0 Å². The number of nitrogens with zero attached hydrogens (tertiary/aromatic N) is 2. The van der Waals surface area contributed by atoms with E-state index in [1.165, 1.54) is 19.1 Å². The lowest BCUT2D eigenvalue weighted by atomic mass is 10.2. The smallest absolute Gasteiger partial charge is 0.215 e. The van der Waals surface area contributed by atoms with E-state index < -0.39 is 20.8 Å². The molecule has 0 radical (unpaired) electrons. The van der Waals surface area contributed by atoms with Crippen molar-refractivity contribution >= 4 is 44.6 Å². The molecule has 2 rings (SSSR count). The zero-order valence-electron chi connectivity index (χ0n) is 9.86. The number of sulfone groups is 1. The molecule has 0 unspecified atom stereocenters. The first-order valence-electron chi connectivity index (χ1n) is 5.13. The fourth-order valence-electron chi connectivity index (χ4n) is 1.34. The quantitative estimate of drug-likeness (QED) is 0.608. The monoisotopic (exact) mass is 354 g/mol. The Morgan fingerprint density at radius 2 is 1.65 bits per heavy atom. The molecule has 0 aliphatic rings. The zero-order chi connectivity index (χ0) is 15.1. The lowest BCUT2D eigenvalue weighted by Crippen LogP contribution is -2.08. The van der Waals surface area contributed by atoms with E-state index in [9.17, 15) is 12.8 Å². The molecule has 1 heterocycles. The molecule has 0 N–H and O–H groups in total. The van der Waals surface area contributed by atoms with Gasteiger partial charge in [-0.3, -0.25) is 0 Å². The van der Waals surface area contributed by atoms with Crippen molar-refractivity contribution in [2.75, 3.05) is 0 Å². The van der Waals surface area contributed by atoms with Crippen molar-refractivity contribution in [3.63, 3.8) is 0 Å². The van der Waals surface area contributed by atoms with Gasteiger partial charge in [-0.25, -0.2) is 22.8 Å². The third kappa shape index (κ3) is 2.74. The van der Waals surface area contributed by atoms with Gasteiger partial charge in [-0.05, 0) is 24.6 Å². The zero-order valence-corrected chi connectivity index (χ0v) is 12.9.